The number of hydrogen-bond acceptors (Lipinski definition) is 4. The Hall–Kier alpha value is -2.22. The summed E-state index contributed by atoms with van der Waals surface area (Å²) < 4.78 is 5.63. The summed E-state index contributed by atoms with van der Waals surface area (Å²) >= 11 is 0. The number of rotatable bonds is 2. The number of nitrogens with one attached hydrogen (secondary N) is 1. The predicted molar refractivity (Wildman–Crippen MR) is 66.8 cm³/mol. The first kappa shape index (κ1) is 12.2. The molecule has 1 saturated heterocycles. The number of carbonyl (C=O) groups is 1. The lowest BCUT2D eigenvalue weighted by Gasteiger charge is -2.17. The van der Waals surface area contributed by atoms with Crippen LogP contribution in [0, 0.1) is 11.3 Å². The van der Waals surface area contributed by atoms with Crippen LogP contribution < -0.4 is 15.8 Å². The molecule has 0 saturated carbocycles. The average Bonchev–Trinajstić information content (AvgIpc) is 2.57. The van der Waals surface area contributed by atoms with E-state index >= 15 is 0 Å². The summed E-state index contributed by atoms with van der Waals surface area (Å²) in [7, 11) is 0. The molecule has 1 amide bonds. The standard InChI is InChI=1S/C13H15N3O2/c14-8-9-4-5-11(10(15)7-9)18-12-3-1-2-6-16-13(12)17/h4-5,7,12H,1-3,6,15H2,(H,16,17). The third-order valence-electron chi connectivity index (χ3n) is 2.89. The van der Waals surface area contributed by atoms with Gasteiger partial charge in [0.15, 0.2) is 6.10 Å². The van der Waals surface area contributed by atoms with E-state index in [1.165, 1.54) is 0 Å². The monoisotopic (exact) mass is 245 g/mol. The summed E-state index contributed by atoms with van der Waals surface area (Å²) in [6, 6.07) is 6.80. The molecule has 0 bridgehead atoms. The smallest absolute Gasteiger partial charge is 0.261 e. The van der Waals surface area contributed by atoms with Gasteiger partial charge in [-0.05, 0) is 37.5 Å². The maximum Gasteiger partial charge on any atom is 0.261 e. The SMILES string of the molecule is N#Cc1ccc(OC2CCCCNC2=O)c(N)c1. The average molecular weight is 245 g/mol. The third kappa shape index (κ3) is 2.72. The lowest BCUT2D eigenvalue weighted by molar-refractivity contribution is -0.127. The molecular weight excluding hydrogens is 230 g/mol. The Morgan fingerprint density at radius 1 is 1.44 bits per heavy atom. The van der Waals surface area contributed by atoms with Gasteiger partial charge in [0.1, 0.15) is 5.75 Å². The zero-order valence-electron chi connectivity index (χ0n) is 9.98. The van der Waals surface area contributed by atoms with Crippen molar-refractivity contribution in [2.45, 2.75) is 25.4 Å². The Balaban J connectivity index is 2.13. The van der Waals surface area contributed by atoms with Gasteiger partial charge in [0.2, 0.25) is 0 Å². The summed E-state index contributed by atoms with van der Waals surface area (Å²) in [6.07, 6.45) is 2.10. The molecule has 1 unspecified atom stereocenters. The van der Waals surface area contributed by atoms with Crippen molar-refractivity contribution in [1.29, 1.82) is 5.26 Å². The second-order valence-corrected chi connectivity index (χ2v) is 4.26. The minimum absolute atomic E-state index is 0.101. The third-order valence-corrected chi connectivity index (χ3v) is 2.89. The van der Waals surface area contributed by atoms with Crippen molar-refractivity contribution in [3.63, 3.8) is 0 Å². The Labute approximate surface area is 106 Å². The highest BCUT2D eigenvalue weighted by atomic mass is 16.5. The van der Waals surface area contributed by atoms with Gasteiger partial charge in [-0.15, -0.1) is 0 Å². The number of hydrogen-bond donors (Lipinski definition) is 2. The van der Waals surface area contributed by atoms with Gasteiger partial charge >= 0.3 is 0 Å². The van der Waals surface area contributed by atoms with E-state index in [4.69, 9.17) is 15.7 Å². The molecule has 1 aromatic rings. The van der Waals surface area contributed by atoms with Gasteiger partial charge in [0, 0.05) is 6.54 Å². The lowest BCUT2D eigenvalue weighted by atomic mass is 10.1. The largest absolute Gasteiger partial charge is 0.478 e. The van der Waals surface area contributed by atoms with Gasteiger partial charge in [-0.3, -0.25) is 4.79 Å². The number of nitrogens with two attached hydrogens (primary N) is 1. The summed E-state index contributed by atoms with van der Waals surface area (Å²) in [5, 5.41) is 11.5. The van der Waals surface area contributed by atoms with Crippen LogP contribution in [0.3, 0.4) is 0 Å². The maximum absolute atomic E-state index is 11.7. The molecule has 5 nitrogen and oxygen atoms in total. The van der Waals surface area contributed by atoms with Crippen molar-refractivity contribution >= 4 is 11.6 Å². The van der Waals surface area contributed by atoms with Gasteiger partial charge in [0.05, 0.1) is 17.3 Å². The number of amides is 1. The first-order valence-corrected chi connectivity index (χ1v) is 5.94. The van der Waals surface area contributed by atoms with Crippen molar-refractivity contribution in [1.82, 2.24) is 5.32 Å². The number of nitriles is 1. The van der Waals surface area contributed by atoms with Crippen molar-refractivity contribution in [2.75, 3.05) is 12.3 Å². The molecule has 2 rings (SSSR count). The van der Waals surface area contributed by atoms with E-state index < -0.39 is 6.10 Å². The molecule has 18 heavy (non-hydrogen) atoms. The molecule has 1 heterocycles. The normalized spacial score (nSPS) is 19.5. The Morgan fingerprint density at radius 3 is 3.00 bits per heavy atom. The molecule has 0 spiro atoms. The summed E-state index contributed by atoms with van der Waals surface area (Å²) in [4.78, 5) is 11.7. The molecule has 1 aromatic carbocycles. The van der Waals surface area contributed by atoms with Gasteiger partial charge in [0.25, 0.3) is 5.91 Å². The molecular formula is C13H15N3O2. The van der Waals surface area contributed by atoms with Crippen LogP contribution in [-0.4, -0.2) is 18.6 Å². The summed E-state index contributed by atoms with van der Waals surface area (Å²) in [5.74, 6) is 0.354. The van der Waals surface area contributed by atoms with Crippen molar-refractivity contribution < 1.29 is 9.53 Å². The fourth-order valence-electron chi connectivity index (χ4n) is 1.90. The fraction of sp³-hybridized carbons (Fsp3) is 0.385. The molecule has 5 heteroatoms. The lowest BCUT2D eigenvalue weighted by Crippen LogP contribution is -2.36. The number of nitrogen functional groups attached to an aromatic ring is 1. The molecule has 0 radical (unpaired) electrons. The van der Waals surface area contributed by atoms with Crippen LogP contribution >= 0.6 is 0 Å². The van der Waals surface area contributed by atoms with Crippen LogP contribution in [0.2, 0.25) is 0 Å². The van der Waals surface area contributed by atoms with Crippen LogP contribution in [0.5, 0.6) is 5.75 Å². The van der Waals surface area contributed by atoms with E-state index in [1.807, 2.05) is 6.07 Å². The van der Waals surface area contributed by atoms with Crippen molar-refractivity contribution in [2.24, 2.45) is 0 Å². The Morgan fingerprint density at radius 2 is 2.28 bits per heavy atom. The molecule has 1 aliphatic heterocycles. The summed E-state index contributed by atoms with van der Waals surface area (Å²) in [5.41, 5.74) is 6.65. The quantitative estimate of drug-likeness (QED) is 0.766. The first-order chi connectivity index (χ1) is 8.70. The van der Waals surface area contributed by atoms with E-state index in [0.717, 1.165) is 12.8 Å². The molecule has 3 N–H and O–H groups in total. The minimum atomic E-state index is -0.497. The molecule has 0 aliphatic carbocycles. The number of carbonyl (C=O) groups excluding carboxylic acids is 1. The van der Waals surface area contributed by atoms with E-state index in [0.29, 0.717) is 30.0 Å². The van der Waals surface area contributed by atoms with Gasteiger partial charge in [-0.25, -0.2) is 0 Å². The van der Waals surface area contributed by atoms with Crippen LogP contribution in [-0.2, 0) is 4.79 Å². The highest BCUT2D eigenvalue weighted by molar-refractivity contribution is 5.81. The zero-order chi connectivity index (χ0) is 13.0. The van der Waals surface area contributed by atoms with Crippen LogP contribution in [0.25, 0.3) is 0 Å². The van der Waals surface area contributed by atoms with E-state index in [2.05, 4.69) is 5.32 Å². The van der Waals surface area contributed by atoms with Gasteiger partial charge < -0.3 is 15.8 Å². The number of anilines is 1. The molecule has 1 fully saturated rings. The number of ether oxygens (including phenoxy) is 1. The van der Waals surface area contributed by atoms with Gasteiger partial charge in [-0.2, -0.15) is 5.26 Å². The molecule has 94 valence electrons. The van der Waals surface area contributed by atoms with E-state index in [-0.39, 0.29) is 5.91 Å². The zero-order valence-corrected chi connectivity index (χ0v) is 9.98. The Kier molecular flexibility index (Phi) is 3.68. The molecule has 0 aromatic heterocycles. The minimum Gasteiger partial charge on any atom is -0.478 e. The van der Waals surface area contributed by atoms with Crippen LogP contribution in [0.4, 0.5) is 5.69 Å². The highest BCUT2D eigenvalue weighted by Gasteiger charge is 2.22. The summed E-state index contributed by atoms with van der Waals surface area (Å²) in [6.45, 7) is 0.696. The van der Waals surface area contributed by atoms with Crippen molar-refractivity contribution in [3.8, 4) is 11.8 Å². The van der Waals surface area contributed by atoms with Gasteiger partial charge in [-0.1, -0.05) is 0 Å². The predicted octanol–water partition coefficient (Wildman–Crippen LogP) is 1.19. The number of benzene rings is 1. The molecule has 1 atom stereocenters. The second-order valence-electron chi connectivity index (χ2n) is 4.26. The Bertz CT molecular complexity index is 493. The highest BCUT2D eigenvalue weighted by Crippen LogP contribution is 2.25. The second kappa shape index (κ2) is 5.41. The van der Waals surface area contributed by atoms with Crippen LogP contribution in [0.1, 0.15) is 24.8 Å². The maximum atomic E-state index is 11.7. The van der Waals surface area contributed by atoms with Crippen molar-refractivity contribution in [3.05, 3.63) is 23.8 Å². The van der Waals surface area contributed by atoms with E-state index in [1.54, 1.807) is 18.2 Å². The topological polar surface area (TPSA) is 88.1 Å². The van der Waals surface area contributed by atoms with Crippen LogP contribution in [0.15, 0.2) is 18.2 Å². The molecule has 1 aliphatic rings. The van der Waals surface area contributed by atoms with E-state index in [9.17, 15) is 4.79 Å². The first-order valence-electron chi connectivity index (χ1n) is 5.94. The fourth-order valence-corrected chi connectivity index (χ4v) is 1.90. The number of nitrogens with zero attached hydrogens (tertiary/aromatic N) is 1.